The monoisotopic (exact) mass is 269 g/mol. The molecule has 0 amide bonds. The molecule has 0 aliphatic rings. The zero-order valence-corrected chi connectivity index (χ0v) is 12.7. The molecule has 0 saturated carbocycles. The van der Waals surface area contributed by atoms with Gasteiger partial charge < -0.3 is 5.32 Å². The van der Waals surface area contributed by atoms with Crippen LogP contribution >= 0.6 is 0 Å². The lowest BCUT2D eigenvalue weighted by Crippen LogP contribution is -2.23. The molecule has 1 atom stereocenters. The Morgan fingerprint density at radius 3 is 2.30 bits per heavy atom. The fraction of sp³-hybridized carbons (Fsp3) is 0.412. The molecule has 1 unspecified atom stereocenters. The van der Waals surface area contributed by atoms with Gasteiger partial charge in [-0.1, -0.05) is 52.0 Å². The second kappa shape index (κ2) is 6.14. The smallest absolute Gasteiger partial charge is 0.115 e. The van der Waals surface area contributed by atoms with Crippen molar-refractivity contribution in [1.29, 1.82) is 0 Å². The lowest BCUT2D eigenvalue weighted by Gasteiger charge is -2.22. The fourth-order valence-electron chi connectivity index (χ4n) is 2.24. The van der Waals surface area contributed by atoms with Crippen molar-refractivity contribution in [2.45, 2.75) is 39.2 Å². The highest BCUT2D eigenvalue weighted by Crippen LogP contribution is 2.25. The summed E-state index contributed by atoms with van der Waals surface area (Å²) in [6, 6.07) is 10.9. The Morgan fingerprint density at radius 2 is 1.80 bits per heavy atom. The highest BCUT2D eigenvalue weighted by Gasteiger charge is 2.17. The maximum atomic E-state index is 4.37. The average molecular weight is 269 g/mol. The summed E-state index contributed by atoms with van der Waals surface area (Å²) < 4.78 is 0. The van der Waals surface area contributed by atoms with Gasteiger partial charge in [-0.2, -0.15) is 0 Å². The molecular formula is C17H23N3. The van der Waals surface area contributed by atoms with Gasteiger partial charge in [-0.25, -0.2) is 9.97 Å². The molecule has 1 N–H and O–H groups in total. The molecule has 106 valence electrons. The van der Waals surface area contributed by atoms with Crippen LogP contribution in [0.3, 0.4) is 0 Å². The topological polar surface area (TPSA) is 37.8 Å². The zero-order chi connectivity index (χ0) is 14.6. The van der Waals surface area contributed by atoms with Crippen LogP contribution in [0.1, 0.15) is 50.6 Å². The predicted octanol–water partition coefficient (Wildman–Crippen LogP) is 3.47. The van der Waals surface area contributed by atoms with Crippen LogP contribution in [-0.2, 0) is 5.41 Å². The van der Waals surface area contributed by atoms with Crippen LogP contribution in [-0.4, -0.2) is 16.5 Å². The number of benzene rings is 1. The van der Waals surface area contributed by atoms with Crippen molar-refractivity contribution >= 4 is 0 Å². The number of hydrogen-bond donors (Lipinski definition) is 1. The van der Waals surface area contributed by atoms with Crippen LogP contribution in [0.15, 0.2) is 42.9 Å². The minimum Gasteiger partial charge on any atom is -0.305 e. The second-order valence-electron chi connectivity index (χ2n) is 6.00. The quantitative estimate of drug-likeness (QED) is 0.923. The summed E-state index contributed by atoms with van der Waals surface area (Å²) in [4.78, 5) is 8.36. The lowest BCUT2D eigenvalue weighted by molar-refractivity contribution is 0.586. The lowest BCUT2D eigenvalue weighted by atomic mass is 9.86. The molecule has 1 heterocycles. The van der Waals surface area contributed by atoms with Gasteiger partial charge in [0.05, 0.1) is 11.7 Å². The van der Waals surface area contributed by atoms with Crippen LogP contribution in [0.2, 0.25) is 0 Å². The molecule has 3 heteroatoms. The fourth-order valence-corrected chi connectivity index (χ4v) is 2.24. The van der Waals surface area contributed by atoms with Crippen molar-refractivity contribution in [2.75, 3.05) is 6.54 Å². The molecule has 0 saturated heterocycles. The van der Waals surface area contributed by atoms with Crippen molar-refractivity contribution in [2.24, 2.45) is 0 Å². The molecule has 2 rings (SSSR count). The number of rotatable bonds is 4. The number of hydrogen-bond acceptors (Lipinski definition) is 3. The Balaban J connectivity index is 2.31. The first-order chi connectivity index (χ1) is 9.52. The van der Waals surface area contributed by atoms with E-state index in [1.807, 2.05) is 6.07 Å². The van der Waals surface area contributed by atoms with E-state index >= 15 is 0 Å². The van der Waals surface area contributed by atoms with Gasteiger partial charge in [-0.05, 0) is 29.2 Å². The summed E-state index contributed by atoms with van der Waals surface area (Å²) in [5.74, 6) is 0. The van der Waals surface area contributed by atoms with Crippen LogP contribution in [0.5, 0.6) is 0 Å². The van der Waals surface area contributed by atoms with E-state index < -0.39 is 0 Å². The number of aromatic nitrogens is 2. The highest BCUT2D eigenvalue weighted by molar-refractivity contribution is 5.32. The number of nitrogens with one attached hydrogen (secondary N) is 1. The van der Waals surface area contributed by atoms with Gasteiger partial charge in [-0.15, -0.1) is 0 Å². The maximum Gasteiger partial charge on any atom is 0.115 e. The number of nitrogens with zero attached hydrogens (tertiary/aromatic N) is 2. The Kier molecular flexibility index (Phi) is 4.50. The third-order valence-electron chi connectivity index (χ3n) is 3.42. The Labute approximate surface area is 121 Å². The first-order valence-electron chi connectivity index (χ1n) is 7.12. The van der Waals surface area contributed by atoms with Gasteiger partial charge >= 0.3 is 0 Å². The van der Waals surface area contributed by atoms with Crippen LogP contribution in [0.25, 0.3) is 0 Å². The van der Waals surface area contributed by atoms with Crippen molar-refractivity contribution in [3.63, 3.8) is 0 Å². The molecule has 0 aliphatic heterocycles. The molecule has 3 nitrogen and oxygen atoms in total. The molecular weight excluding hydrogens is 246 g/mol. The van der Waals surface area contributed by atoms with E-state index in [4.69, 9.17) is 0 Å². The van der Waals surface area contributed by atoms with Gasteiger partial charge in [0.2, 0.25) is 0 Å². The Morgan fingerprint density at radius 1 is 1.10 bits per heavy atom. The second-order valence-corrected chi connectivity index (χ2v) is 6.00. The van der Waals surface area contributed by atoms with E-state index in [2.05, 4.69) is 67.2 Å². The van der Waals surface area contributed by atoms with E-state index in [0.717, 1.165) is 12.2 Å². The average Bonchev–Trinajstić information content (AvgIpc) is 2.45. The highest BCUT2D eigenvalue weighted by atomic mass is 14.9. The molecule has 1 aromatic heterocycles. The SMILES string of the molecule is CCNC(c1ccc(C(C)(C)C)cc1)c1ccncn1. The van der Waals surface area contributed by atoms with Gasteiger partial charge in [-0.3, -0.25) is 0 Å². The molecule has 0 aliphatic carbocycles. The Hall–Kier alpha value is -1.74. The standard InChI is InChI=1S/C17H23N3/c1-5-19-16(15-10-11-18-12-20-15)13-6-8-14(9-7-13)17(2,3)4/h6-12,16,19H,5H2,1-4H3. The van der Waals surface area contributed by atoms with Crippen LogP contribution < -0.4 is 5.32 Å². The van der Waals surface area contributed by atoms with Gasteiger partial charge in [0.1, 0.15) is 6.33 Å². The van der Waals surface area contributed by atoms with E-state index in [1.54, 1.807) is 12.5 Å². The maximum absolute atomic E-state index is 4.37. The van der Waals surface area contributed by atoms with Crippen LogP contribution in [0, 0.1) is 0 Å². The van der Waals surface area contributed by atoms with Gasteiger partial charge in [0, 0.05) is 6.20 Å². The predicted molar refractivity (Wildman–Crippen MR) is 82.7 cm³/mol. The first-order valence-corrected chi connectivity index (χ1v) is 7.12. The van der Waals surface area contributed by atoms with Gasteiger partial charge in [0.25, 0.3) is 0 Å². The molecule has 1 aromatic carbocycles. The molecule has 0 spiro atoms. The van der Waals surface area contributed by atoms with E-state index in [-0.39, 0.29) is 11.5 Å². The Bertz CT molecular complexity index is 526. The minimum atomic E-state index is 0.122. The van der Waals surface area contributed by atoms with Gasteiger partial charge in [0.15, 0.2) is 0 Å². The molecule has 0 radical (unpaired) electrons. The summed E-state index contributed by atoms with van der Waals surface area (Å²) in [6.07, 6.45) is 3.39. The van der Waals surface area contributed by atoms with Crippen molar-refractivity contribution < 1.29 is 0 Å². The van der Waals surface area contributed by atoms with Crippen molar-refractivity contribution in [3.05, 3.63) is 59.7 Å². The first kappa shape index (κ1) is 14.7. The molecule has 0 bridgehead atoms. The van der Waals surface area contributed by atoms with E-state index in [0.29, 0.717) is 0 Å². The molecule has 20 heavy (non-hydrogen) atoms. The van der Waals surface area contributed by atoms with Crippen LogP contribution in [0.4, 0.5) is 0 Å². The summed E-state index contributed by atoms with van der Waals surface area (Å²) in [5, 5.41) is 3.48. The zero-order valence-electron chi connectivity index (χ0n) is 12.7. The molecule has 0 fully saturated rings. The summed E-state index contributed by atoms with van der Waals surface area (Å²) in [7, 11) is 0. The van der Waals surface area contributed by atoms with Crippen molar-refractivity contribution in [1.82, 2.24) is 15.3 Å². The van der Waals surface area contributed by atoms with E-state index in [9.17, 15) is 0 Å². The normalized spacial score (nSPS) is 13.2. The van der Waals surface area contributed by atoms with E-state index in [1.165, 1.54) is 11.1 Å². The summed E-state index contributed by atoms with van der Waals surface area (Å²) in [5.41, 5.74) is 3.77. The minimum absolute atomic E-state index is 0.122. The van der Waals surface area contributed by atoms with Crippen molar-refractivity contribution in [3.8, 4) is 0 Å². The third-order valence-corrected chi connectivity index (χ3v) is 3.42. The third kappa shape index (κ3) is 3.42. The largest absolute Gasteiger partial charge is 0.305 e. The molecule has 2 aromatic rings. The summed E-state index contributed by atoms with van der Waals surface area (Å²) >= 11 is 0. The summed E-state index contributed by atoms with van der Waals surface area (Å²) in [6.45, 7) is 9.70.